The number of benzene rings is 2. The first-order chi connectivity index (χ1) is 9.99. The Morgan fingerprint density at radius 2 is 1.81 bits per heavy atom. The molecular formula is C15H10ClNO4. The molecule has 0 aromatic heterocycles. The van der Waals surface area contributed by atoms with Gasteiger partial charge >= 0.3 is 5.97 Å². The Morgan fingerprint density at radius 1 is 1.14 bits per heavy atom. The van der Waals surface area contributed by atoms with E-state index in [1.807, 2.05) is 0 Å². The van der Waals surface area contributed by atoms with E-state index in [1.54, 1.807) is 30.4 Å². The summed E-state index contributed by atoms with van der Waals surface area (Å²) < 4.78 is 0. The molecule has 21 heavy (non-hydrogen) atoms. The van der Waals surface area contributed by atoms with Crippen molar-refractivity contribution in [2.24, 2.45) is 0 Å². The van der Waals surface area contributed by atoms with Gasteiger partial charge in [-0.3, -0.25) is 10.1 Å². The van der Waals surface area contributed by atoms with E-state index < -0.39 is 10.9 Å². The van der Waals surface area contributed by atoms with Gasteiger partial charge in [-0.2, -0.15) is 0 Å². The molecule has 1 N–H and O–H groups in total. The third-order valence-electron chi connectivity index (χ3n) is 2.83. The number of nitro benzene ring substituents is 1. The molecule has 0 aliphatic rings. The maximum atomic E-state index is 11.1. The van der Waals surface area contributed by atoms with Crippen molar-refractivity contribution in [3.05, 3.63) is 74.3 Å². The molecule has 0 aliphatic heterocycles. The number of carboxylic acid groups (broad SMARTS) is 1. The number of non-ortho nitro benzene ring substituents is 1. The molecule has 2 aromatic carbocycles. The second-order valence-corrected chi connectivity index (χ2v) is 4.60. The van der Waals surface area contributed by atoms with Crippen LogP contribution >= 0.6 is 11.6 Å². The van der Waals surface area contributed by atoms with Gasteiger partial charge in [-0.25, -0.2) is 4.79 Å². The lowest BCUT2D eigenvalue weighted by Crippen LogP contribution is -1.98. The van der Waals surface area contributed by atoms with Gasteiger partial charge in [0.05, 0.1) is 15.5 Å². The average Bonchev–Trinajstić information content (AvgIpc) is 2.46. The Labute approximate surface area is 125 Å². The van der Waals surface area contributed by atoms with Crippen molar-refractivity contribution < 1.29 is 14.8 Å². The molecule has 0 fully saturated rings. The van der Waals surface area contributed by atoms with Crippen LogP contribution in [0.25, 0.3) is 12.2 Å². The molecule has 0 heterocycles. The summed E-state index contributed by atoms with van der Waals surface area (Å²) in [4.78, 5) is 21.2. The van der Waals surface area contributed by atoms with Crippen LogP contribution in [0, 0.1) is 10.1 Å². The van der Waals surface area contributed by atoms with E-state index in [1.165, 1.54) is 24.3 Å². The molecule has 0 radical (unpaired) electrons. The summed E-state index contributed by atoms with van der Waals surface area (Å²) in [5, 5.41) is 19.9. The molecule has 0 saturated carbocycles. The fourth-order valence-electron chi connectivity index (χ4n) is 1.78. The van der Waals surface area contributed by atoms with Gasteiger partial charge in [0.15, 0.2) is 0 Å². The minimum atomic E-state index is -1.02. The van der Waals surface area contributed by atoms with Crippen LogP contribution in [0.1, 0.15) is 21.5 Å². The van der Waals surface area contributed by atoms with Crippen molar-refractivity contribution in [1.82, 2.24) is 0 Å². The van der Waals surface area contributed by atoms with Crippen LogP contribution in [-0.4, -0.2) is 16.0 Å². The van der Waals surface area contributed by atoms with E-state index in [0.717, 1.165) is 0 Å². The molecule has 0 saturated heterocycles. The van der Waals surface area contributed by atoms with Crippen molar-refractivity contribution in [1.29, 1.82) is 0 Å². The Morgan fingerprint density at radius 3 is 2.43 bits per heavy atom. The highest BCUT2D eigenvalue weighted by Crippen LogP contribution is 2.24. The first kappa shape index (κ1) is 14.7. The highest BCUT2D eigenvalue weighted by molar-refractivity contribution is 6.32. The second-order valence-electron chi connectivity index (χ2n) is 4.19. The van der Waals surface area contributed by atoms with Crippen LogP contribution in [0.4, 0.5) is 5.69 Å². The van der Waals surface area contributed by atoms with Crippen LogP contribution in [0.15, 0.2) is 42.5 Å². The highest BCUT2D eigenvalue weighted by Gasteiger charge is 2.09. The Bertz CT molecular complexity index is 740. The molecule has 0 atom stereocenters. The van der Waals surface area contributed by atoms with E-state index in [-0.39, 0.29) is 16.3 Å². The van der Waals surface area contributed by atoms with Gasteiger partial charge in [-0.1, -0.05) is 42.0 Å². The molecule has 2 aromatic rings. The van der Waals surface area contributed by atoms with Gasteiger partial charge in [-0.05, 0) is 23.3 Å². The van der Waals surface area contributed by atoms with Gasteiger partial charge in [0, 0.05) is 12.1 Å². The minimum Gasteiger partial charge on any atom is -0.478 e. The third kappa shape index (κ3) is 3.46. The van der Waals surface area contributed by atoms with Gasteiger partial charge in [0.25, 0.3) is 5.69 Å². The zero-order valence-corrected chi connectivity index (χ0v) is 11.4. The molecule has 0 amide bonds. The number of aromatic carboxylic acids is 1. The topological polar surface area (TPSA) is 80.4 Å². The second kappa shape index (κ2) is 6.19. The molecule has 0 aliphatic carbocycles. The fraction of sp³-hybridized carbons (Fsp3) is 0. The Balaban J connectivity index is 2.34. The van der Waals surface area contributed by atoms with E-state index in [9.17, 15) is 14.9 Å². The van der Waals surface area contributed by atoms with E-state index in [0.29, 0.717) is 11.1 Å². The predicted molar refractivity (Wildman–Crippen MR) is 80.4 cm³/mol. The summed E-state index contributed by atoms with van der Waals surface area (Å²) in [5.41, 5.74) is 1.18. The summed E-state index contributed by atoms with van der Waals surface area (Å²) in [6, 6.07) is 10.6. The number of rotatable bonds is 4. The summed E-state index contributed by atoms with van der Waals surface area (Å²) >= 11 is 5.97. The third-order valence-corrected chi connectivity index (χ3v) is 3.16. The average molecular weight is 304 g/mol. The maximum absolute atomic E-state index is 11.1. The van der Waals surface area contributed by atoms with Gasteiger partial charge in [0.2, 0.25) is 0 Å². The number of carboxylic acids is 1. The van der Waals surface area contributed by atoms with Crippen molar-refractivity contribution >= 4 is 35.4 Å². The smallest absolute Gasteiger partial charge is 0.336 e. The first-order valence-corrected chi connectivity index (χ1v) is 6.31. The Hall–Kier alpha value is -2.66. The predicted octanol–water partition coefficient (Wildman–Crippen LogP) is 4.12. The van der Waals surface area contributed by atoms with Crippen molar-refractivity contribution in [3.63, 3.8) is 0 Å². The summed E-state index contributed by atoms with van der Waals surface area (Å²) in [6.45, 7) is 0. The maximum Gasteiger partial charge on any atom is 0.336 e. The lowest BCUT2D eigenvalue weighted by Gasteiger charge is -2.01. The standard InChI is InChI=1S/C15H10ClNO4/c16-14-9-12(17(20)21)8-7-11(14)6-5-10-3-1-2-4-13(10)15(18)19/h1-9H,(H,18,19)/b6-5+. The van der Waals surface area contributed by atoms with Gasteiger partial charge in [-0.15, -0.1) is 0 Å². The molecule has 2 rings (SSSR count). The monoisotopic (exact) mass is 303 g/mol. The lowest BCUT2D eigenvalue weighted by molar-refractivity contribution is -0.384. The number of hydrogen-bond donors (Lipinski definition) is 1. The fourth-order valence-corrected chi connectivity index (χ4v) is 2.02. The molecule has 6 heteroatoms. The number of nitrogens with zero attached hydrogens (tertiary/aromatic N) is 1. The molecule has 5 nitrogen and oxygen atoms in total. The van der Waals surface area contributed by atoms with E-state index in [4.69, 9.17) is 16.7 Å². The summed E-state index contributed by atoms with van der Waals surface area (Å²) in [6.07, 6.45) is 3.23. The summed E-state index contributed by atoms with van der Waals surface area (Å²) in [7, 11) is 0. The first-order valence-electron chi connectivity index (χ1n) is 5.93. The van der Waals surface area contributed by atoms with Crippen LogP contribution in [0.3, 0.4) is 0 Å². The normalized spacial score (nSPS) is 10.7. The van der Waals surface area contributed by atoms with Crippen molar-refractivity contribution in [2.45, 2.75) is 0 Å². The Kier molecular flexibility index (Phi) is 4.35. The number of halogens is 1. The molecular weight excluding hydrogens is 294 g/mol. The van der Waals surface area contributed by atoms with Crippen LogP contribution in [0.2, 0.25) is 5.02 Å². The van der Waals surface area contributed by atoms with E-state index in [2.05, 4.69) is 0 Å². The largest absolute Gasteiger partial charge is 0.478 e. The number of hydrogen-bond acceptors (Lipinski definition) is 3. The molecule has 0 spiro atoms. The van der Waals surface area contributed by atoms with Crippen LogP contribution < -0.4 is 0 Å². The molecule has 0 unspecified atom stereocenters. The minimum absolute atomic E-state index is 0.0944. The van der Waals surface area contributed by atoms with Crippen LogP contribution in [-0.2, 0) is 0 Å². The van der Waals surface area contributed by atoms with Crippen molar-refractivity contribution in [3.8, 4) is 0 Å². The SMILES string of the molecule is O=C(O)c1ccccc1/C=C/c1ccc([N+](=O)[O-])cc1Cl. The zero-order valence-electron chi connectivity index (χ0n) is 10.7. The quantitative estimate of drug-likeness (QED) is 0.523. The molecule has 0 bridgehead atoms. The van der Waals surface area contributed by atoms with Gasteiger partial charge in [0.1, 0.15) is 0 Å². The number of carbonyl (C=O) groups is 1. The van der Waals surface area contributed by atoms with Gasteiger partial charge < -0.3 is 5.11 Å². The van der Waals surface area contributed by atoms with Crippen molar-refractivity contribution in [2.75, 3.05) is 0 Å². The highest BCUT2D eigenvalue weighted by atomic mass is 35.5. The van der Waals surface area contributed by atoms with E-state index >= 15 is 0 Å². The number of nitro groups is 1. The summed E-state index contributed by atoms with van der Waals surface area (Å²) in [5.74, 6) is -1.02. The zero-order chi connectivity index (χ0) is 15.4. The molecule has 106 valence electrons. The lowest BCUT2D eigenvalue weighted by atomic mass is 10.1. The van der Waals surface area contributed by atoms with Crippen LogP contribution in [0.5, 0.6) is 0 Å².